The Kier molecular flexibility index (Phi) is 21.4. The normalized spacial score (nSPS) is 24.5. The molecule has 0 radical (unpaired) electrons. The number of esters is 2. The van der Waals surface area contributed by atoms with Crippen LogP contribution in [0.15, 0.2) is 12.2 Å². The fraction of sp³-hybridized carbons (Fsp3) is 0.833. The number of nitrogens with zero attached hydrogens (tertiary/aromatic N) is 1. The number of hydrogen-bond acceptors (Lipinski definition) is 13. The smallest absolute Gasteiger partial charge is 0.407 e. The molecule has 19 heteroatoms. The van der Waals surface area contributed by atoms with Gasteiger partial charge in [0, 0.05) is 37.1 Å². The van der Waals surface area contributed by atoms with E-state index in [1.54, 1.807) is 0 Å². The predicted octanol–water partition coefficient (Wildman–Crippen LogP) is 9.07. The van der Waals surface area contributed by atoms with Crippen molar-refractivity contribution in [3.8, 4) is 0 Å². The molecule has 2 aliphatic carbocycles. The molecule has 2 saturated carbocycles. The molecular weight excluding hydrogens is 911 g/mol. The van der Waals surface area contributed by atoms with Gasteiger partial charge in [0.05, 0.1) is 26.0 Å². The summed E-state index contributed by atoms with van der Waals surface area (Å²) >= 11 is 0. The average molecular weight is 998 g/mol. The van der Waals surface area contributed by atoms with Crippen LogP contribution >= 0.6 is 0 Å². The van der Waals surface area contributed by atoms with E-state index in [9.17, 15) is 28.8 Å². The number of hydrogen-bond donors (Lipinski definition) is 2. The van der Waals surface area contributed by atoms with Crippen LogP contribution in [0.5, 0.6) is 0 Å². The van der Waals surface area contributed by atoms with Gasteiger partial charge in [-0.25, -0.2) is 9.59 Å². The van der Waals surface area contributed by atoms with Gasteiger partial charge in [0.1, 0.15) is 13.2 Å². The number of carbonyl (C=O) groups is 6. The topological polar surface area (TPSA) is 194 Å². The zero-order valence-corrected chi connectivity index (χ0v) is 46.6. The Morgan fingerprint density at radius 3 is 1.66 bits per heavy atom. The minimum atomic E-state index is -2.81. The van der Waals surface area contributed by atoms with E-state index in [-0.39, 0.29) is 79.2 Å². The molecule has 16 nitrogen and oxygen atoms in total. The zero-order chi connectivity index (χ0) is 50.5. The van der Waals surface area contributed by atoms with Gasteiger partial charge in [-0.1, -0.05) is 61.3 Å². The second-order valence-electron chi connectivity index (χ2n) is 23.8. The second-order valence-corrected chi connectivity index (χ2v) is 36.5. The molecule has 67 heavy (non-hydrogen) atoms. The van der Waals surface area contributed by atoms with E-state index < -0.39 is 67.2 Å². The molecule has 5 atom stereocenters. The van der Waals surface area contributed by atoms with E-state index >= 15 is 0 Å². The molecule has 2 N–H and O–H groups in total. The van der Waals surface area contributed by atoms with Crippen LogP contribution in [0.1, 0.15) is 132 Å². The molecule has 0 aromatic rings. The van der Waals surface area contributed by atoms with Crippen LogP contribution in [0, 0.1) is 21.7 Å². The van der Waals surface area contributed by atoms with Gasteiger partial charge < -0.3 is 42.5 Å². The number of alkyl carbamates (subject to hydrolysis) is 2. The zero-order valence-electron chi connectivity index (χ0n) is 43.6. The summed E-state index contributed by atoms with van der Waals surface area (Å²) in [6.07, 6.45) is 9.34. The average Bonchev–Trinajstić information content (AvgIpc) is 3.46. The molecule has 3 rings (SSSR count). The first kappa shape index (κ1) is 58.2. The lowest BCUT2D eigenvalue weighted by molar-refractivity contribution is -0.149. The van der Waals surface area contributed by atoms with Crippen LogP contribution in [0.2, 0.25) is 45.8 Å². The number of rotatable bonds is 26. The Hall–Kier alpha value is -3.11. The van der Waals surface area contributed by atoms with Crippen LogP contribution in [-0.4, -0.2) is 123 Å². The molecule has 1 aliphatic heterocycles. The maximum atomic E-state index is 13.8. The third kappa shape index (κ3) is 22.5. The summed E-state index contributed by atoms with van der Waals surface area (Å²) < 4.78 is 42.2. The summed E-state index contributed by atoms with van der Waals surface area (Å²) in [6.45, 7) is 29.8. The van der Waals surface area contributed by atoms with Crippen molar-refractivity contribution in [1.82, 2.24) is 15.5 Å². The maximum absolute atomic E-state index is 13.8. The molecule has 384 valence electrons. The first-order valence-electron chi connectivity index (χ1n) is 24.5. The van der Waals surface area contributed by atoms with Crippen molar-refractivity contribution in [1.29, 1.82) is 0 Å². The Balaban J connectivity index is 1.65. The van der Waals surface area contributed by atoms with Crippen molar-refractivity contribution in [3.63, 3.8) is 0 Å². The number of nitrogens with one attached hydrogen (secondary N) is 2. The van der Waals surface area contributed by atoms with Gasteiger partial charge in [-0.05, 0) is 125 Å². The number of amides is 4. The van der Waals surface area contributed by atoms with Crippen molar-refractivity contribution < 1.29 is 60.7 Å². The molecule has 0 saturated heterocycles. The van der Waals surface area contributed by atoms with E-state index in [1.165, 1.54) is 12.2 Å². The van der Waals surface area contributed by atoms with Crippen LogP contribution < -0.4 is 10.6 Å². The lowest BCUT2D eigenvalue weighted by Crippen LogP contribution is -2.56. The van der Waals surface area contributed by atoms with Gasteiger partial charge in [0.25, 0.3) is 11.8 Å². The third-order valence-corrected chi connectivity index (χ3v) is 21.4. The Morgan fingerprint density at radius 2 is 1.16 bits per heavy atom. The summed E-state index contributed by atoms with van der Waals surface area (Å²) in [5.41, 5.74) is -0.790. The summed E-state index contributed by atoms with van der Waals surface area (Å²) in [7, 11) is -6.87. The third-order valence-electron chi connectivity index (χ3n) is 12.3. The number of unbranched alkanes of at least 4 members (excludes halogenated alkanes) is 2. The van der Waals surface area contributed by atoms with Crippen molar-refractivity contribution in [2.75, 3.05) is 39.2 Å². The van der Waals surface area contributed by atoms with Gasteiger partial charge in [0.2, 0.25) is 0 Å². The summed E-state index contributed by atoms with van der Waals surface area (Å²) in [5, 5.41) is 6.15. The highest BCUT2D eigenvalue weighted by atomic mass is 28.5. The summed E-state index contributed by atoms with van der Waals surface area (Å²) in [4.78, 5) is 77.4. The van der Waals surface area contributed by atoms with Crippen LogP contribution in [0.25, 0.3) is 0 Å². The summed E-state index contributed by atoms with van der Waals surface area (Å²) in [5.74, 6) is -1.69. The van der Waals surface area contributed by atoms with E-state index in [0.717, 1.165) is 43.4 Å². The van der Waals surface area contributed by atoms with E-state index in [0.29, 0.717) is 38.7 Å². The van der Waals surface area contributed by atoms with Crippen molar-refractivity contribution in [2.24, 2.45) is 21.7 Å². The quantitative estimate of drug-likeness (QED) is 0.0274. The van der Waals surface area contributed by atoms with Crippen molar-refractivity contribution in [2.45, 2.75) is 196 Å². The van der Waals surface area contributed by atoms with Crippen molar-refractivity contribution >= 4 is 61.1 Å². The highest BCUT2D eigenvalue weighted by molar-refractivity contribution is 6.87. The molecule has 1 heterocycles. The lowest BCUT2D eigenvalue weighted by Gasteiger charge is -2.46. The Labute approximate surface area is 404 Å². The van der Waals surface area contributed by atoms with Gasteiger partial charge in [-0.15, -0.1) is 0 Å². The standard InChI is InChI=1S/C48H87N3O13Si3/c1-15-16-17-25-60-43(56)49-36-27-45(2,3)33-48(7,29-36)23-21-42(55)61-32-38(31-58-35-67(14,63-65(8,9)10)64-66(11,12)13)62-44(57)50-37-28-46(4,5)34-47(6,30-37)22-20-41(54)59-26-24-51-39(52)18-19-40(51)53/h18-19,36-38H,15-17,20-35H2,1-14H3,(H,49,56)(H,50,57). The van der Waals surface area contributed by atoms with Crippen LogP contribution in [-0.2, 0) is 51.1 Å². The highest BCUT2D eigenvalue weighted by Gasteiger charge is 2.45. The Bertz CT molecular complexity index is 1700. The molecule has 5 unspecified atom stereocenters. The first-order chi connectivity index (χ1) is 30.8. The van der Waals surface area contributed by atoms with Crippen LogP contribution in [0.4, 0.5) is 9.59 Å². The van der Waals surface area contributed by atoms with Crippen molar-refractivity contribution in [3.05, 3.63) is 12.2 Å². The largest absolute Gasteiger partial charge is 0.464 e. The molecule has 0 aromatic heterocycles. The van der Waals surface area contributed by atoms with Gasteiger partial charge >= 0.3 is 32.7 Å². The van der Waals surface area contributed by atoms with Gasteiger partial charge in [-0.2, -0.15) is 0 Å². The highest BCUT2D eigenvalue weighted by Crippen LogP contribution is 2.50. The molecule has 0 aromatic carbocycles. The fourth-order valence-electron chi connectivity index (χ4n) is 10.8. The molecule has 3 aliphatic rings. The minimum Gasteiger partial charge on any atom is -0.464 e. The molecular formula is C48H87N3O13Si3. The van der Waals surface area contributed by atoms with E-state index in [4.69, 9.17) is 31.9 Å². The monoisotopic (exact) mass is 998 g/mol. The predicted molar refractivity (Wildman–Crippen MR) is 264 cm³/mol. The second kappa shape index (κ2) is 24.6. The maximum Gasteiger partial charge on any atom is 0.407 e. The molecule has 0 spiro atoms. The fourth-order valence-corrected chi connectivity index (χ4v) is 22.7. The Morgan fingerprint density at radius 1 is 0.672 bits per heavy atom. The molecule has 2 fully saturated rings. The number of carbonyl (C=O) groups excluding carboxylic acids is 6. The summed E-state index contributed by atoms with van der Waals surface area (Å²) in [6, 6.07) is -0.352. The van der Waals surface area contributed by atoms with E-state index in [2.05, 4.69) is 98.4 Å². The SMILES string of the molecule is CCCCCOC(=O)NC1CC(C)(C)CC(C)(CCC(=O)OCC(COC[Si](C)(O[Si](C)(C)C)O[Si](C)(C)C)OC(=O)NC2CC(C)(C)CC(C)(CCC(=O)OCCN3C(=O)C=CC3=O)C2)C1. The number of imide groups is 1. The number of ether oxygens (including phenoxy) is 5. The minimum absolute atomic E-state index is 0.00399. The molecule has 0 bridgehead atoms. The van der Waals surface area contributed by atoms with Gasteiger partial charge in [-0.3, -0.25) is 24.1 Å². The lowest BCUT2D eigenvalue weighted by atomic mass is 9.61. The first-order valence-corrected chi connectivity index (χ1v) is 33.9. The van der Waals surface area contributed by atoms with Gasteiger partial charge in [0.15, 0.2) is 22.7 Å². The van der Waals surface area contributed by atoms with E-state index in [1.807, 2.05) is 6.55 Å². The molecule has 4 amide bonds. The van der Waals surface area contributed by atoms with Crippen LogP contribution in [0.3, 0.4) is 0 Å².